The average Bonchev–Trinajstić information content (AvgIpc) is 2.51. The number of rotatable bonds is 1. The number of benzene rings is 1. The zero-order chi connectivity index (χ0) is 16.4. The summed E-state index contributed by atoms with van der Waals surface area (Å²) in [4.78, 5) is 12.9. The first-order chi connectivity index (χ1) is 10.9. The second kappa shape index (κ2) is 4.75. The fourth-order valence-corrected chi connectivity index (χ4v) is 5.55. The predicted octanol–water partition coefficient (Wildman–Crippen LogP) is 4.06. The third-order valence-electron chi connectivity index (χ3n) is 6.71. The van der Waals surface area contributed by atoms with Crippen LogP contribution in [0.4, 0.5) is 0 Å². The third-order valence-corrected chi connectivity index (χ3v) is 6.71. The first-order valence-corrected chi connectivity index (χ1v) is 8.92. The summed E-state index contributed by atoms with van der Waals surface area (Å²) in [5.74, 6) is 0.906. The molecule has 3 nitrogen and oxygen atoms in total. The molecule has 0 aromatic heterocycles. The molecule has 2 fully saturated rings. The number of esters is 1. The number of carbonyl (C=O) groups excluding carboxylic acids is 1. The zero-order valence-corrected chi connectivity index (χ0v) is 14.3. The Labute approximate surface area is 138 Å². The molecule has 1 aromatic carbocycles. The van der Waals surface area contributed by atoms with E-state index in [2.05, 4.69) is 26.8 Å². The Kier molecular flexibility index (Phi) is 3.11. The highest BCUT2D eigenvalue weighted by atomic mass is 16.5. The lowest BCUT2D eigenvalue weighted by atomic mass is 9.48. The zero-order valence-electron chi connectivity index (χ0n) is 14.3. The van der Waals surface area contributed by atoms with E-state index in [0.29, 0.717) is 18.3 Å². The third kappa shape index (κ3) is 1.85. The van der Waals surface area contributed by atoms with Crippen LogP contribution in [0.3, 0.4) is 0 Å². The first-order valence-electron chi connectivity index (χ1n) is 8.92. The van der Waals surface area contributed by atoms with E-state index in [4.69, 9.17) is 4.74 Å². The topological polar surface area (TPSA) is 46.5 Å². The van der Waals surface area contributed by atoms with Crippen LogP contribution in [0.1, 0.15) is 69.1 Å². The van der Waals surface area contributed by atoms with Crippen molar-refractivity contribution in [3.8, 4) is 5.75 Å². The number of hydrogen-bond donors (Lipinski definition) is 1. The van der Waals surface area contributed by atoms with Crippen LogP contribution in [0.2, 0.25) is 0 Å². The van der Waals surface area contributed by atoms with Crippen LogP contribution in [-0.2, 0) is 21.4 Å². The molecule has 2 aliphatic carbocycles. The number of hydrogen-bond acceptors (Lipinski definition) is 3. The molecule has 3 heteroatoms. The second-order valence-electron chi connectivity index (χ2n) is 8.37. The second-order valence-corrected chi connectivity index (χ2v) is 8.37. The molecule has 1 saturated heterocycles. The summed E-state index contributed by atoms with van der Waals surface area (Å²) in [6.45, 7) is 7.03. The van der Waals surface area contributed by atoms with E-state index in [1.807, 2.05) is 6.07 Å². The summed E-state index contributed by atoms with van der Waals surface area (Å²) in [6.07, 6.45) is 5.12. The fraction of sp³-hybridized carbons (Fsp3) is 0.650. The molecule has 23 heavy (non-hydrogen) atoms. The van der Waals surface area contributed by atoms with Crippen molar-refractivity contribution in [1.29, 1.82) is 0 Å². The van der Waals surface area contributed by atoms with Gasteiger partial charge in [0.15, 0.2) is 0 Å². The van der Waals surface area contributed by atoms with Crippen LogP contribution in [0.25, 0.3) is 0 Å². The van der Waals surface area contributed by atoms with E-state index in [0.717, 1.165) is 43.2 Å². The molecule has 1 heterocycles. The van der Waals surface area contributed by atoms with E-state index >= 15 is 0 Å². The molecule has 0 spiro atoms. The number of ether oxygens (including phenoxy) is 1. The normalized spacial score (nSPS) is 35.5. The van der Waals surface area contributed by atoms with Crippen molar-refractivity contribution in [2.75, 3.05) is 6.61 Å². The average molecular weight is 314 g/mol. The molecule has 1 aliphatic heterocycles. The summed E-state index contributed by atoms with van der Waals surface area (Å²) in [7, 11) is 0. The maximum Gasteiger partial charge on any atom is 0.316 e. The smallest absolute Gasteiger partial charge is 0.316 e. The lowest BCUT2D eigenvalue weighted by molar-refractivity contribution is -0.183. The molecule has 0 radical (unpaired) electrons. The van der Waals surface area contributed by atoms with Crippen LogP contribution in [0, 0.1) is 11.3 Å². The fourth-order valence-electron chi connectivity index (χ4n) is 5.55. The van der Waals surface area contributed by atoms with Gasteiger partial charge in [0.25, 0.3) is 0 Å². The van der Waals surface area contributed by atoms with Gasteiger partial charge >= 0.3 is 5.97 Å². The Morgan fingerprint density at radius 1 is 1.30 bits per heavy atom. The van der Waals surface area contributed by atoms with E-state index < -0.39 is 5.41 Å². The highest BCUT2D eigenvalue weighted by molar-refractivity contribution is 5.86. The molecule has 4 rings (SSSR count). The van der Waals surface area contributed by atoms with Crippen molar-refractivity contribution in [1.82, 2.24) is 0 Å². The van der Waals surface area contributed by atoms with Crippen molar-refractivity contribution in [3.63, 3.8) is 0 Å². The van der Waals surface area contributed by atoms with Crippen molar-refractivity contribution in [2.45, 2.75) is 64.2 Å². The molecule has 3 aliphatic rings. The highest BCUT2D eigenvalue weighted by Gasteiger charge is 2.62. The van der Waals surface area contributed by atoms with Crippen molar-refractivity contribution < 1.29 is 14.6 Å². The number of cyclic esters (lactones) is 1. The Hall–Kier alpha value is -1.51. The van der Waals surface area contributed by atoms with Crippen LogP contribution in [-0.4, -0.2) is 17.7 Å². The van der Waals surface area contributed by atoms with Gasteiger partial charge in [-0.25, -0.2) is 0 Å². The Balaban J connectivity index is 1.93. The number of aromatic hydroxyl groups is 1. The maximum atomic E-state index is 12.9. The number of carbonyl (C=O) groups is 1. The molecule has 2 bridgehead atoms. The number of fused-ring (bicyclic) bond motifs is 1. The van der Waals surface area contributed by atoms with Crippen LogP contribution in [0.5, 0.6) is 5.75 Å². The molecule has 1 saturated carbocycles. The van der Waals surface area contributed by atoms with Gasteiger partial charge in [-0.05, 0) is 60.3 Å². The van der Waals surface area contributed by atoms with Crippen molar-refractivity contribution in [2.24, 2.45) is 11.3 Å². The summed E-state index contributed by atoms with van der Waals surface area (Å²) < 4.78 is 5.66. The van der Waals surface area contributed by atoms with Crippen molar-refractivity contribution in [3.05, 3.63) is 28.8 Å². The SMILES string of the molecule is CC(C)c1cc2c(cc1O)C13CCCC(C)(COC1=O)C3CC2. The Morgan fingerprint density at radius 2 is 2.09 bits per heavy atom. The van der Waals surface area contributed by atoms with E-state index in [1.54, 1.807) is 0 Å². The largest absolute Gasteiger partial charge is 0.508 e. The highest BCUT2D eigenvalue weighted by Crippen LogP contribution is 2.60. The lowest BCUT2D eigenvalue weighted by Gasteiger charge is -2.58. The lowest BCUT2D eigenvalue weighted by Crippen LogP contribution is -2.61. The summed E-state index contributed by atoms with van der Waals surface area (Å²) >= 11 is 0. The van der Waals surface area contributed by atoms with E-state index in [-0.39, 0.29) is 17.3 Å². The predicted molar refractivity (Wildman–Crippen MR) is 88.6 cm³/mol. The number of phenols is 1. The quantitative estimate of drug-likeness (QED) is 0.795. The molecule has 3 atom stereocenters. The minimum atomic E-state index is -0.522. The van der Waals surface area contributed by atoms with Gasteiger partial charge < -0.3 is 9.84 Å². The van der Waals surface area contributed by atoms with Gasteiger partial charge in [-0.2, -0.15) is 0 Å². The molecule has 124 valence electrons. The maximum absolute atomic E-state index is 12.9. The summed E-state index contributed by atoms with van der Waals surface area (Å²) in [5, 5.41) is 10.5. The van der Waals surface area contributed by atoms with Crippen LogP contribution < -0.4 is 0 Å². The van der Waals surface area contributed by atoms with Crippen LogP contribution in [0.15, 0.2) is 12.1 Å². The molecule has 1 aromatic rings. The number of aryl methyl sites for hydroxylation is 1. The van der Waals surface area contributed by atoms with Gasteiger partial charge in [-0.15, -0.1) is 0 Å². The van der Waals surface area contributed by atoms with Gasteiger partial charge in [0.2, 0.25) is 0 Å². The summed E-state index contributed by atoms with van der Waals surface area (Å²) in [6, 6.07) is 4.02. The molecular formula is C20H26O3. The monoisotopic (exact) mass is 314 g/mol. The van der Waals surface area contributed by atoms with Crippen LogP contribution >= 0.6 is 0 Å². The Morgan fingerprint density at radius 3 is 2.83 bits per heavy atom. The standard InChI is InChI=1S/C20H26O3/c1-12(2)14-9-13-5-6-17-19(3)7-4-8-20(17,18(22)23-11-19)15(13)10-16(14)21/h9-10,12,17,21H,4-8,11H2,1-3H3. The van der Waals surface area contributed by atoms with E-state index in [1.165, 1.54) is 5.56 Å². The van der Waals surface area contributed by atoms with Gasteiger partial charge in [0.05, 0.1) is 12.0 Å². The first kappa shape index (κ1) is 15.0. The minimum absolute atomic E-state index is 0.0580. The summed E-state index contributed by atoms with van der Waals surface area (Å²) in [5.41, 5.74) is 2.85. The van der Waals surface area contributed by atoms with Gasteiger partial charge in [-0.1, -0.05) is 33.3 Å². The molecule has 1 N–H and O–H groups in total. The number of phenolic OH excluding ortho intramolecular Hbond substituents is 1. The minimum Gasteiger partial charge on any atom is -0.508 e. The van der Waals surface area contributed by atoms with Crippen molar-refractivity contribution >= 4 is 5.97 Å². The molecule has 3 unspecified atom stereocenters. The Bertz CT molecular complexity index is 678. The van der Waals surface area contributed by atoms with E-state index in [9.17, 15) is 9.90 Å². The van der Waals surface area contributed by atoms with Gasteiger partial charge in [-0.3, -0.25) is 4.79 Å². The van der Waals surface area contributed by atoms with Gasteiger partial charge in [0, 0.05) is 5.41 Å². The molecular weight excluding hydrogens is 288 g/mol. The van der Waals surface area contributed by atoms with Gasteiger partial charge in [0.1, 0.15) is 5.75 Å². The molecule has 0 amide bonds.